The second-order valence-electron chi connectivity index (χ2n) is 5.65. The van der Waals surface area contributed by atoms with Crippen LogP contribution in [0, 0.1) is 12.3 Å². The zero-order valence-electron chi connectivity index (χ0n) is 11.7. The van der Waals surface area contributed by atoms with Gasteiger partial charge in [0, 0.05) is 23.6 Å². The summed E-state index contributed by atoms with van der Waals surface area (Å²) in [5.41, 5.74) is 2.74. The molecular weight excluding hydrogens is 226 g/mol. The minimum Gasteiger partial charge on any atom is -0.496 e. The molecule has 0 spiro atoms. The Balaban J connectivity index is 2.01. The van der Waals surface area contributed by atoms with E-state index in [1.165, 1.54) is 11.1 Å². The van der Waals surface area contributed by atoms with Crippen molar-refractivity contribution >= 4 is 0 Å². The summed E-state index contributed by atoms with van der Waals surface area (Å²) in [4.78, 5) is 0. The van der Waals surface area contributed by atoms with Gasteiger partial charge in [-0.15, -0.1) is 0 Å². The molecule has 0 aliphatic carbocycles. The van der Waals surface area contributed by atoms with Crippen molar-refractivity contribution in [2.45, 2.75) is 26.8 Å². The van der Waals surface area contributed by atoms with Gasteiger partial charge in [-0.05, 0) is 25.5 Å². The van der Waals surface area contributed by atoms with Crippen molar-refractivity contribution < 1.29 is 9.47 Å². The van der Waals surface area contributed by atoms with Crippen molar-refractivity contribution in [3.05, 3.63) is 29.3 Å². The topological polar surface area (TPSA) is 30.5 Å². The van der Waals surface area contributed by atoms with E-state index < -0.39 is 0 Å². The molecule has 0 bridgehead atoms. The van der Waals surface area contributed by atoms with Crippen LogP contribution in [-0.4, -0.2) is 26.9 Å². The molecule has 1 aliphatic heterocycles. The highest BCUT2D eigenvalue weighted by Crippen LogP contribution is 2.29. The normalized spacial score (nSPS) is 19.1. The van der Waals surface area contributed by atoms with Gasteiger partial charge in [0.2, 0.25) is 0 Å². The zero-order valence-corrected chi connectivity index (χ0v) is 11.7. The maximum Gasteiger partial charge on any atom is 0.123 e. The highest BCUT2D eigenvalue weighted by atomic mass is 16.5. The maximum absolute atomic E-state index is 5.45. The summed E-state index contributed by atoms with van der Waals surface area (Å²) >= 11 is 0. The van der Waals surface area contributed by atoms with Crippen LogP contribution in [0.2, 0.25) is 0 Å². The third-order valence-electron chi connectivity index (χ3n) is 3.59. The number of hydrogen-bond acceptors (Lipinski definition) is 3. The highest BCUT2D eigenvalue weighted by Gasteiger charge is 2.33. The van der Waals surface area contributed by atoms with Gasteiger partial charge in [-0.1, -0.05) is 19.1 Å². The smallest absolute Gasteiger partial charge is 0.123 e. The molecule has 2 rings (SSSR count). The second-order valence-corrected chi connectivity index (χ2v) is 5.65. The average molecular weight is 249 g/mol. The number of rotatable bonds is 5. The highest BCUT2D eigenvalue weighted by molar-refractivity contribution is 5.39. The molecule has 3 heteroatoms. The van der Waals surface area contributed by atoms with Crippen molar-refractivity contribution in [2.75, 3.05) is 26.9 Å². The van der Waals surface area contributed by atoms with E-state index in [-0.39, 0.29) is 6.04 Å². The fourth-order valence-corrected chi connectivity index (χ4v) is 2.24. The Labute approximate surface area is 109 Å². The van der Waals surface area contributed by atoms with E-state index in [4.69, 9.17) is 9.47 Å². The van der Waals surface area contributed by atoms with Gasteiger partial charge in [0.05, 0.1) is 20.3 Å². The lowest BCUT2D eigenvalue weighted by molar-refractivity contribution is -0.0999. The first-order valence-electron chi connectivity index (χ1n) is 6.50. The standard InChI is InChI=1S/C15H23NO2/c1-11-5-6-13(14(7-11)17-4)12(2)16-8-15(3)9-18-10-15/h5-7,12,16H,8-10H2,1-4H3. The summed E-state index contributed by atoms with van der Waals surface area (Å²) in [6.45, 7) is 9.20. The molecule has 0 aromatic heterocycles. The molecule has 1 atom stereocenters. The first kappa shape index (κ1) is 13.4. The van der Waals surface area contributed by atoms with Gasteiger partial charge < -0.3 is 14.8 Å². The van der Waals surface area contributed by atoms with Gasteiger partial charge in [0.15, 0.2) is 0 Å². The van der Waals surface area contributed by atoms with Crippen LogP contribution in [0.15, 0.2) is 18.2 Å². The molecule has 1 aliphatic rings. The van der Waals surface area contributed by atoms with E-state index in [0.717, 1.165) is 25.5 Å². The van der Waals surface area contributed by atoms with Crippen LogP contribution >= 0.6 is 0 Å². The van der Waals surface area contributed by atoms with Crippen LogP contribution < -0.4 is 10.1 Å². The van der Waals surface area contributed by atoms with Crippen molar-refractivity contribution in [3.8, 4) is 5.75 Å². The van der Waals surface area contributed by atoms with E-state index >= 15 is 0 Å². The molecular formula is C15H23NO2. The Morgan fingerprint density at radius 1 is 1.44 bits per heavy atom. The zero-order chi connectivity index (χ0) is 13.2. The maximum atomic E-state index is 5.45. The largest absolute Gasteiger partial charge is 0.496 e. The van der Waals surface area contributed by atoms with Gasteiger partial charge in [-0.2, -0.15) is 0 Å². The summed E-state index contributed by atoms with van der Waals surface area (Å²) in [6.07, 6.45) is 0. The Morgan fingerprint density at radius 3 is 2.72 bits per heavy atom. The van der Waals surface area contributed by atoms with Gasteiger partial charge in [-0.25, -0.2) is 0 Å². The monoisotopic (exact) mass is 249 g/mol. The van der Waals surface area contributed by atoms with E-state index in [1.807, 2.05) is 0 Å². The molecule has 18 heavy (non-hydrogen) atoms. The Morgan fingerprint density at radius 2 is 2.17 bits per heavy atom. The molecule has 1 aromatic rings. The molecule has 1 saturated heterocycles. The summed E-state index contributed by atoms with van der Waals surface area (Å²) in [5, 5.41) is 3.58. The molecule has 1 N–H and O–H groups in total. The number of aryl methyl sites for hydroxylation is 1. The van der Waals surface area contributed by atoms with Gasteiger partial charge in [-0.3, -0.25) is 0 Å². The van der Waals surface area contributed by atoms with Crippen molar-refractivity contribution in [1.82, 2.24) is 5.32 Å². The van der Waals surface area contributed by atoms with Gasteiger partial charge >= 0.3 is 0 Å². The first-order valence-corrected chi connectivity index (χ1v) is 6.50. The molecule has 1 heterocycles. The predicted molar refractivity (Wildman–Crippen MR) is 73.1 cm³/mol. The molecule has 3 nitrogen and oxygen atoms in total. The third-order valence-corrected chi connectivity index (χ3v) is 3.59. The number of methoxy groups -OCH3 is 1. The van der Waals surface area contributed by atoms with Crippen LogP contribution in [0.3, 0.4) is 0 Å². The summed E-state index contributed by atoms with van der Waals surface area (Å²) in [7, 11) is 1.73. The van der Waals surface area contributed by atoms with E-state index in [2.05, 4.69) is 44.3 Å². The number of benzene rings is 1. The molecule has 1 fully saturated rings. The predicted octanol–water partition coefficient (Wildman–Crippen LogP) is 2.69. The molecule has 100 valence electrons. The van der Waals surface area contributed by atoms with Crippen molar-refractivity contribution in [3.63, 3.8) is 0 Å². The molecule has 0 amide bonds. The fraction of sp³-hybridized carbons (Fsp3) is 0.600. The lowest BCUT2D eigenvalue weighted by atomic mass is 9.88. The molecule has 0 saturated carbocycles. The number of hydrogen-bond donors (Lipinski definition) is 1. The van der Waals surface area contributed by atoms with Gasteiger partial charge in [0.1, 0.15) is 5.75 Å². The number of nitrogens with one attached hydrogen (secondary N) is 1. The third kappa shape index (κ3) is 2.85. The second kappa shape index (κ2) is 5.29. The summed E-state index contributed by atoms with van der Waals surface area (Å²) < 4.78 is 10.7. The first-order chi connectivity index (χ1) is 8.54. The van der Waals surface area contributed by atoms with E-state index in [1.54, 1.807) is 7.11 Å². The Kier molecular flexibility index (Phi) is 3.93. The fourth-order valence-electron chi connectivity index (χ4n) is 2.24. The van der Waals surface area contributed by atoms with Crippen LogP contribution in [0.5, 0.6) is 5.75 Å². The number of ether oxygens (including phenoxy) is 2. The molecule has 1 unspecified atom stereocenters. The Hall–Kier alpha value is -1.06. The molecule has 1 aromatic carbocycles. The van der Waals surface area contributed by atoms with Crippen molar-refractivity contribution in [2.24, 2.45) is 5.41 Å². The minimum atomic E-state index is 0.290. The van der Waals surface area contributed by atoms with Crippen LogP contribution in [-0.2, 0) is 4.74 Å². The minimum absolute atomic E-state index is 0.290. The van der Waals surface area contributed by atoms with Crippen molar-refractivity contribution in [1.29, 1.82) is 0 Å². The Bertz CT molecular complexity index is 413. The lowest BCUT2D eigenvalue weighted by Gasteiger charge is -2.39. The lowest BCUT2D eigenvalue weighted by Crippen LogP contribution is -2.47. The summed E-state index contributed by atoms with van der Waals surface area (Å²) in [5.74, 6) is 0.963. The van der Waals surface area contributed by atoms with E-state index in [0.29, 0.717) is 5.41 Å². The van der Waals surface area contributed by atoms with Crippen LogP contribution in [0.1, 0.15) is 31.0 Å². The SMILES string of the molecule is COc1cc(C)ccc1C(C)NCC1(C)COC1. The van der Waals surface area contributed by atoms with E-state index in [9.17, 15) is 0 Å². The average Bonchev–Trinajstić information content (AvgIpc) is 2.33. The van der Waals surface area contributed by atoms with Crippen LogP contribution in [0.4, 0.5) is 0 Å². The molecule has 0 radical (unpaired) electrons. The van der Waals surface area contributed by atoms with Crippen LogP contribution in [0.25, 0.3) is 0 Å². The van der Waals surface area contributed by atoms with Gasteiger partial charge in [0.25, 0.3) is 0 Å². The summed E-state index contributed by atoms with van der Waals surface area (Å²) in [6, 6.07) is 6.65. The quantitative estimate of drug-likeness (QED) is 0.870.